The molecule has 0 bridgehead atoms. The van der Waals surface area contributed by atoms with Crippen LogP contribution in [0, 0.1) is 15.9 Å². The average Bonchev–Trinajstić information content (AvgIpc) is 2.84. The molecule has 1 N–H and O–H groups in total. The van der Waals surface area contributed by atoms with E-state index < -0.39 is 16.8 Å². The van der Waals surface area contributed by atoms with Crippen molar-refractivity contribution in [3.05, 3.63) is 51.1 Å². The minimum absolute atomic E-state index is 0.142. The zero-order valence-electron chi connectivity index (χ0n) is 10.9. The molecule has 1 heterocycles. The summed E-state index contributed by atoms with van der Waals surface area (Å²) in [6, 6.07) is 7.37. The zero-order valence-corrected chi connectivity index (χ0v) is 11.7. The average molecular weight is 296 g/mol. The molecule has 0 aliphatic heterocycles. The SMILES string of the molecule is C[C@H](O)c1cc([N+](=O)[O-])c(N(C)c2ccccc2F)s1. The summed E-state index contributed by atoms with van der Waals surface area (Å²) in [5, 5.41) is 20.9. The lowest BCUT2D eigenvalue weighted by atomic mass is 10.2. The number of aliphatic hydroxyl groups is 1. The quantitative estimate of drug-likeness (QED) is 0.691. The molecule has 0 aliphatic rings. The van der Waals surface area contributed by atoms with Gasteiger partial charge in [0.15, 0.2) is 5.00 Å². The Labute approximate surface area is 119 Å². The van der Waals surface area contributed by atoms with Gasteiger partial charge in [0.2, 0.25) is 0 Å². The Kier molecular flexibility index (Phi) is 4.01. The van der Waals surface area contributed by atoms with Crippen molar-refractivity contribution < 1.29 is 14.4 Å². The maximum Gasteiger partial charge on any atom is 0.304 e. The molecule has 2 rings (SSSR count). The number of benzene rings is 1. The number of nitro groups is 1. The molecule has 0 aliphatic carbocycles. The van der Waals surface area contributed by atoms with Crippen molar-refractivity contribution in [2.45, 2.75) is 13.0 Å². The summed E-state index contributed by atoms with van der Waals surface area (Å²) in [5.74, 6) is -0.462. The van der Waals surface area contributed by atoms with Crippen molar-refractivity contribution in [3.63, 3.8) is 0 Å². The number of halogens is 1. The highest BCUT2D eigenvalue weighted by molar-refractivity contribution is 7.16. The van der Waals surface area contributed by atoms with Crippen LogP contribution in [0.2, 0.25) is 0 Å². The Morgan fingerprint density at radius 1 is 1.45 bits per heavy atom. The Hall–Kier alpha value is -1.99. The Morgan fingerprint density at radius 3 is 2.65 bits per heavy atom. The Morgan fingerprint density at radius 2 is 2.10 bits per heavy atom. The fourth-order valence-corrected chi connectivity index (χ4v) is 2.84. The van der Waals surface area contributed by atoms with Crippen LogP contribution in [0.3, 0.4) is 0 Å². The summed E-state index contributed by atoms with van der Waals surface area (Å²) in [5.41, 5.74) is 0.103. The number of thiophene rings is 1. The number of nitrogens with zero attached hydrogens (tertiary/aromatic N) is 2. The highest BCUT2D eigenvalue weighted by Crippen LogP contribution is 2.42. The Bertz CT molecular complexity index is 642. The van der Waals surface area contributed by atoms with E-state index in [1.54, 1.807) is 25.2 Å². The summed E-state index contributed by atoms with van der Waals surface area (Å²) in [4.78, 5) is 12.4. The third-order valence-corrected chi connectivity index (χ3v) is 4.21. The predicted molar refractivity (Wildman–Crippen MR) is 76.1 cm³/mol. The van der Waals surface area contributed by atoms with Crippen molar-refractivity contribution in [2.75, 3.05) is 11.9 Å². The van der Waals surface area contributed by atoms with Gasteiger partial charge in [-0.3, -0.25) is 10.1 Å². The van der Waals surface area contributed by atoms with Crippen LogP contribution in [0.15, 0.2) is 30.3 Å². The van der Waals surface area contributed by atoms with Gasteiger partial charge in [0.05, 0.1) is 16.7 Å². The van der Waals surface area contributed by atoms with Crippen LogP contribution in [-0.4, -0.2) is 17.1 Å². The lowest BCUT2D eigenvalue weighted by Crippen LogP contribution is -2.11. The van der Waals surface area contributed by atoms with Crippen molar-refractivity contribution in [2.24, 2.45) is 0 Å². The van der Waals surface area contributed by atoms with E-state index in [2.05, 4.69) is 0 Å². The molecule has 1 aromatic carbocycles. The van der Waals surface area contributed by atoms with E-state index in [1.807, 2.05) is 0 Å². The summed E-state index contributed by atoms with van der Waals surface area (Å²) in [7, 11) is 1.56. The molecule has 106 valence electrons. The molecular formula is C13H13FN2O3S. The first kappa shape index (κ1) is 14.4. The molecule has 0 radical (unpaired) electrons. The highest BCUT2D eigenvalue weighted by atomic mass is 32.1. The molecule has 2 aromatic rings. The van der Waals surface area contributed by atoms with Crippen molar-refractivity contribution >= 4 is 27.7 Å². The lowest BCUT2D eigenvalue weighted by molar-refractivity contribution is -0.383. The van der Waals surface area contributed by atoms with Crippen LogP contribution >= 0.6 is 11.3 Å². The van der Waals surface area contributed by atoms with Gasteiger partial charge >= 0.3 is 5.69 Å². The van der Waals surface area contributed by atoms with E-state index in [9.17, 15) is 19.6 Å². The maximum absolute atomic E-state index is 13.8. The van der Waals surface area contributed by atoms with E-state index in [1.165, 1.54) is 24.0 Å². The maximum atomic E-state index is 13.8. The van der Waals surface area contributed by atoms with Gasteiger partial charge in [0, 0.05) is 18.0 Å². The third-order valence-electron chi connectivity index (χ3n) is 2.84. The van der Waals surface area contributed by atoms with E-state index in [4.69, 9.17) is 0 Å². The Balaban J connectivity index is 2.51. The molecule has 5 nitrogen and oxygen atoms in total. The largest absolute Gasteiger partial charge is 0.388 e. The normalized spacial score (nSPS) is 12.2. The standard InChI is InChI=1S/C13H13FN2O3S/c1-8(17)12-7-11(16(18)19)13(20-12)15(2)10-6-4-3-5-9(10)14/h3-8,17H,1-2H3/t8-/m0/s1. The predicted octanol–water partition coefficient (Wildman–Crippen LogP) is 3.62. The summed E-state index contributed by atoms with van der Waals surface area (Å²) in [6.07, 6.45) is -0.804. The first-order chi connectivity index (χ1) is 9.41. The van der Waals surface area contributed by atoms with Gasteiger partial charge in [-0.25, -0.2) is 4.39 Å². The fourth-order valence-electron chi connectivity index (χ4n) is 1.80. The minimum atomic E-state index is -0.804. The van der Waals surface area contributed by atoms with Crippen LogP contribution in [0.25, 0.3) is 0 Å². The molecule has 0 spiro atoms. The molecule has 20 heavy (non-hydrogen) atoms. The van der Waals surface area contributed by atoms with Crippen LogP contribution in [0.1, 0.15) is 17.9 Å². The molecule has 0 saturated heterocycles. The van der Waals surface area contributed by atoms with Gasteiger partial charge in [-0.15, -0.1) is 11.3 Å². The monoisotopic (exact) mass is 296 g/mol. The van der Waals surface area contributed by atoms with E-state index >= 15 is 0 Å². The molecule has 0 saturated carbocycles. The van der Waals surface area contributed by atoms with Gasteiger partial charge in [-0.2, -0.15) is 0 Å². The first-order valence-electron chi connectivity index (χ1n) is 5.86. The van der Waals surface area contributed by atoms with Crippen LogP contribution in [0.4, 0.5) is 20.8 Å². The van der Waals surface area contributed by atoms with Gasteiger partial charge < -0.3 is 10.0 Å². The van der Waals surface area contributed by atoms with Crippen molar-refractivity contribution in [1.29, 1.82) is 0 Å². The summed E-state index contributed by atoms with van der Waals surface area (Å²) < 4.78 is 13.8. The van der Waals surface area contributed by atoms with E-state index in [0.29, 0.717) is 4.88 Å². The second-order valence-corrected chi connectivity index (χ2v) is 5.34. The van der Waals surface area contributed by atoms with Crippen molar-refractivity contribution in [1.82, 2.24) is 0 Å². The number of hydrogen-bond donors (Lipinski definition) is 1. The molecule has 7 heteroatoms. The van der Waals surface area contributed by atoms with E-state index in [0.717, 1.165) is 11.3 Å². The van der Waals surface area contributed by atoms with Crippen LogP contribution in [0.5, 0.6) is 0 Å². The van der Waals surface area contributed by atoms with Gasteiger partial charge in [0.1, 0.15) is 5.82 Å². The first-order valence-corrected chi connectivity index (χ1v) is 6.68. The molecular weight excluding hydrogens is 283 g/mol. The minimum Gasteiger partial charge on any atom is -0.388 e. The topological polar surface area (TPSA) is 66.6 Å². The molecule has 0 amide bonds. The lowest BCUT2D eigenvalue weighted by Gasteiger charge is -2.17. The molecule has 0 fully saturated rings. The molecule has 1 aromatic heterocycles. The van der Waals surface area contributed by atoms with Gasteiger partial charge in [0.25, 0.3) is 0 Å². The smallest absolute Gasteiger partial charge is 0.304 e. The number of para-hydroxylation sites is 1. The van der Waals surface area contributed by atoms with Crippen molar-refractivity contribution in [3.8, 4) is 0 Å². The van der Waals surface area contributed by atoms with Crippen LogP contribution < -0.4 is 4.90 Å². The zero-order chi connectivity index (χ0) is 14.9. The molecule has 1 atom stereocenters. The highest BCUT2D eigenvalue weighted by Gasteiger charge is 2.25. The van der Waals surface area contributed by atoms with E-state index in [-0.39, 0.29) is 16.4 Å². The van der Waals surface area contributed by atoms with Gasteiger partial charge in [-0.1, -0.05) is 12.1 Å². The number of aliphatic hydroxyl groups excluding tert-OH is 1. The summed E-state index contributed by atoms with van der Waals surface area (Å²) >= 11 is 1.08. The number of anilines is 2. The second-order valence-electron chi connectivity index (χ2n) is 4.28. The summed E-state index contributed by atoms with van der Waals surface area (Å²) in [6.45, 7) is 1.53. The number of hydrogen-bond acceptors (Lipinski definition) is 5. The van der Waals surface area contributed by atoms with Crippen LogP contribution in [-0.2, 0) is 0 Å². The molecule has 0 unspecified atom stereocenters. The third kappa shape index (κ3) is 2.63. The fraction of sp³-hybridized carbons (Fsp3) is 0.231. The number of rotatable bonds is 4. The van der Waals surface area contributed by atoms with Gasteiger partial charge in [-0.05, 0) is 19.1 Å². The second kappa shape index (κ2) is 5.56.